The van der Waals surface area contributed by atoms with Crippen molar-refractivity contribution in [3.63, 3.8) is 0 Å². The SMILES string of the molecule is CCCCCCCCCCCCCCCC(=O)OCC(C)(OC(=O)CCCCCCCCCCCCCCC)SC[C@H](N)C(=O)O. The molecule has 0 aromatic heterocycles. The number of ether oxygens (including phenoxy) is 2. The second-order valence-corrected chi connectivity index (χ2v) is 15.0. The lowest BCUT2D eigenvalue weighted by atomic mass is 10.0. The summed E-state index contributed by atoms with van der Waals surface area (Å²) in [5, 5.41) is 9.18. The number of aliphatic carboxylic acids is 1. The third kappa shape index (κ3) is 30.1. The topological polar surface area (TPSA) is 116 Å². The summed E-state index contributed by atoms with van der Waals surface area (Å²) >= 11 is 1.11. The second kappa shape index (κ2) is 32.3. The molecular weight excluding hydrogens is 598 g/mol. The first-order valence-corrected chi connectivity index (χ1v) is 20.2. The van der Waals surface area contributed by atoms with E-state index < -0.39 is 16.9 Å². The number of nitrogens with two attached hydrogens (primary N) is 1. The summed E-state index contributed by atoms with van der Waals surface area (Å²) in [5.74, 6) is -1.74. The molecule has 0 rings (SSSR count). The van der Waals surface area contributed by atoms with Gasteiger partial charge in [0.25, 0.3) is 0 Å². The van der Waals surface area contributed by atoms with Crippen LogP contribution >= 0.6 is 11.8 Å². The maximum absolute atomic E-state index is 12.7. The standard InChI is InChI=1S/C38H73NO6S/c1-4-6-8-10-12-14-16-18-20-22-24-26-28-30-35(40)44-33-38(3,46-32-34(39)37(42)43)45-36(41)31-29-27-25-23-21-19-17-15-13-11-9-7-5-2/h34H,4-33,39H2,1-3H3,(H,42,43)/t34-,38?/m0/s1. The van der Waals surface area contributed by atoms with E-state index in [2.05, 4.69) is 13.8 Å². The summed E-state index contributed by atoms with van der Waals surface area (Å²) < 4.78 is 11.3. The van der Waals surface area contributed by atoms with Crippen LogP contribution in [0.25, 0.3) is 0 Å². The van der Waals surface area contributed by atoms with Crippen LogP contribution in [0, 0.1) is 0 Å². The summed E-state index contributed by atoms with van der Waals surface area (Å²) in [6.45, 7) is 6.06. The molecule has 0 bridgehead atoms. The summed E-state index contributed by atoms with van der Waals surface area (Å²) in [7, 11) is 0. The molecule has 1 unspecified atom stereocenters. The molecule has 46 heavy (non-hydrogen) atoms. The lowest BCUT2D eigenvalue weighted by molar-refractivity contribution is -0.161. The molecule has 2 atom stereocenters. The Labute approximate surface area is 287 Å². The van der Waals surface area contributed by atoms with Crippen LogP contribution in [-0.4, -0.2) is 46.3 Å². The molecule has 8 heteroatoms. The van der Waals surface area contributed by atoms with Crippen LogP contribution in [0.2, 0.25) is 0 Å². The summed E-state index contributed by atoms with van der Waals surface area (Å²) in [6.07, 6.45) is 32.8. The number of thioether (sulfide) groups is 1. The monoisotopic (exact) mass is 672 g/mol. The number of carbonyl (C=O) groups is 3. The Bertz CT molecular complexity index is 736. The maximum atomic E-state index is 12.7. The van der Waals surface area contributed by atoms with Crippen LogP contribution in [0.1, 0.15) is 201 Å². The molecule has 0 saturated carbocycles. The largest absolute Gasteiger partial charge is 0.480 e. The van der Waals surface area contributed by atoms with E-state index in [4.69, 9.17) is 15.2 Å². The van der Waals surface area contributed by atoms with Crippen molar-refractivity contribution in [3.05, 3.63) is 0 Å². The van der Waals surface area contributed by atoms with Crippen molar-refractivity contribution in [1.82, 2.24) is 0 Å². The first-order valence-electron chi connectivity index (χ1n) is 19.2. The predicted molar refractivity (Wildman–Crippen MR) is 194 cm³/mol. The van der Waals surface area contributed by atoms with Gasteiger partial charge >= 0.3 is 17.9 Å². The van der Waals surface area contributed by atoms with Crippen molar-refractivity contribution in [1.29, 1.82) is 0 Å². The molecule has 0 amide bonds. The number of carboxylic acids is 1. The second-order valence-electron chi connectivity index (χ2n) is 13.5. The van der Waals surface area contributed by atoms with Crippen molar-refractivity contribution in [2.75, 3.05) is 12.4 Å². The Hall–Kier alpha value is -1.28. The van der Waals surface area contributed by atoms with E-state index in [1.807, 2.05) is 0 Å². The minimum absolute atomic E-state index is 0.0499. The van der Waals surface area contributed by atoms with Gasteiger partial charge in [0, 0.05) is 18.6 Å². The minimum atomic E-state index is -1.17. The van der Waals surface area contributed by atoms with Crippen molar-refractivity contribution in [2.45, 2.75) is 212 Å². The Morgan fingerprint density at radius 2 is 0.913 bits per heavy atom. The summed E-state index contributed by atoms with van der Waals surface area (Å²) in [5.41, 5.74) is 5.69. The molecule has 0 heterocycles. The van der Waals surface area contributed by atoms with E-state index in [0.717, 1.165) is 50.3 Å². The maximum Gasteiger partial charge on any atom is 0.321 e. The van der Waals surface area contributed by atoms with Crippen molar-refractivity contribution >= 4 is 29.7 Å². The zero-order valence-corrected chi connectivity index (χ0v) is 31.1. The lowest BCUT2D eigenvalue weighted by Crippen LogP contribution is -2.39. The number of hydrogen-bond donors (Lipinski definition) is 2. The van der Waals surface area contributed by atoms with Crippen molar-refractivity contribution in [2.24, 2.45) is 5.73 Å². The Balaban J connectivity index is 4.17. The molecular formula is C38H73NO6S. The molecule has 0 fully saturated rings. The fraction of sp³-hybridized carbons (Fsp3) is 0.921. The van der Waals surface area contributed by atoms with E-state index in [-0.39, 0.29) is 24.3 Å². The van der Waals surface area contributed by atoms with Gasteiger partial charge in [0.05, 0.1) is 0 Å². The molecule has 0 aromatic carbocycles. The summed E-state index contributed by atoms with van der Waals surface area (Å²) in [6, 6.07) is -1.09. The molecule has 0 aromatic rings. The zero-order chi connectivity index (χ0) is 34.1. The Kier molecular flexibility index (Phi) is 31.4. The van der Waals surface area contributed by atoms with Gasteiger partial charge in [0.15, 0.2) is 4.93 Å². The average Bonchev–Trinajstić information content (AvgIpc) is 3.03. The highest BCUT2D eigenvalue weighted by atomic mass is 32.2. The normalized spacial score (nSPS) is 13.3. The van der Waals surface area contributed by atoms with E-state index in [1.54, 1.807) is 6.92 Å². The quantitative estimate of drug-likeness (QED) is 0.0388. The number of hydrogen-bond acceptors (Lipinski definition) is 7. The third-order valence-electron chi connectivity index (χ3n) is 8.68. The summed E-state index contributed by atoms with van der Waals surface area (Å²) in [4.78, 5) is 35.2. The number of carbonyl (C=O) groups excluding carboxylic acids is 2. The Morgan fingerprint density at radius 1 is 0.587 bits per heavy atom. The minimum Gasteiger partial charge on any atom is -0.480 e. The van der Waals surface area contributed by atoms with E-state index >= 15 is 0 Å². The van der Waals surface area contributed by atoms with Gasteiger partial charge in [-0.15, -0.1) is 11.8 Å². The third-order valence-corrected chi connectivity index (χ3v) is 10.0. The van der Waals surface area contributed by atoms with Gasteiger partial charge in [-0.25, -0.2) is 0 Å². The van der Waals surface area contributed by atoms with Gasteiger partial charge in [-0.2, -0.15) is 0 Å². The van der Waals surface area contributed by atoms with Gasteiger partial charge in [-0.1, -0.05) is 168 Å². The van der Waals surface area contributed by atoms with E-state index in [9.17, 15) is 19.5 Å². The van der Waals surface area contributed by atoms with Crippen LogP contribution in [-0.2, 0) is 23.9 Å². The number of carboxylic acid groups (broad SMARTS) is 1. The first kappa shape index (κ1) is 44.7. The van der Waals surface area contributed by atoms with Crippen LogP contribution in [0.3, 0.4) is 0 Å². The highest BCUT2D eigenvalue weighted by Crippen LogP contribution is 2.29. The van der Waals surface area contributed by atoms with Crippen LogP contribution in [0.4, 0.5) is 0 Å². The predicted octanol–water partition coefficient (Wildman–Crippen LogP) is 10.9. The van der Waals surface area contributed by atoms with Crippen LogP contribution < -0.4 is 5.73 Å². The molecule has 0 saturated heterocycles. The molecule has 7 nitrogen and oxygen atoms in total. The fourth-order valence-electron chi connectivity index (χ4n) is 5.59. The van der Waals surface area contributed by atoms with Crippen LogP contribution in [0.5, 0.6) is 0 Å². The van der Waals surface area contributed by atoms with Gasteiger partial charge in [0.1, 0.15) is 12.6 Å². The highest BCUT2D eigenvalue weighted by Gasteiger charge is 2.33. The van der Waals surface area contributed by atoms with E-state index in [0.29, 0.717) is 12.8 Å². The van der Waals surface area contributed by atoms with Gasteiger partial charge in [0.2, 0.25) is 0 Å². The molecule has 0 aliphatic heterocycles. The van der Waals surface area contributed by atoms with Crippen molar-refractivity contribution < 1.29 is 29.0 Å². The van der Waals surface area contributed by atoms with Crippen molar-refractivity contribution in [3.8, 4) is 0 Å². The van der Waals surface area contributed by atoms with Crippen LogP contribution in [0.15, 0.2) is 0 Å². The van der Waals surface area contributed by atoms with Gasteiger partial charge < -0.3 is 20.3 Å². The number of rotatable bonds is 35. The number of esters is 2. The smallest absolute Gasteiger partial charge is 0.321 e. The molecule has 0 spiro atoms. The molecule has 0 radical (unpaired) electrons. The fourth-order valence-corrected chi connectivity index (χ4v) is 6.56. The zero-order valence-electron chi connectivity index (χ0n) is 30.3. The number of unbranched alkanes of at least 4 members (excludes halogenated alkanes) is 24. The lowest BCUT2D eigenvalue weighted by Gasteiger charge is -2.29. The van der Waals surface area contributed by atoms with Gasteiger partial charge in [-0.05, 0) is 19.8 Å². The molecule has 0 aliphatic carbocycles. The van der Waals surface area contributed by atoms with Gasteiger partial charge in [-0.3, -0.25) is 14.4 Å². The average molecular weight is 672 g/mol. The molecule has 0 aliphatic rings. The molecule has 3 N–H and O–H groups in total. The Morgan fingerprint density at radius 3 is 1.26 bits per heavy atom. The van der Waals surface area contributed by atoms with E-state index in [1.165, 1.54) is 128 Å². The molecule has 272 valence electrons. The first-order chi connectivity index (χ1) is 22.2. The highest BCUT2D eigenvalue weighted by molar-refractivity contribution is 8.00.